The Bertz CT molecular complexity index is 736. The number of nitrogens with zero attached hydrogens (tertiary/aromatic N) is 1. The van der Waals surface area contributed by atoms with Gasteiger partial charge in [0.1, 0.15) is 0 Å². The van der Waals surface area contributed by atoms with Crippen molar-refractivity contribution in [2.24, 2.45) is 0 Å². The van der Waals surface area contributed by atoms with Crippen LogP contribution in [0.1, 0.15) is 30.4 Å². The quantitative estimate of drug-likeness (QED) is 0.628. The first kappa shape index (κ1) is 15.7. The van der Waals surface area contributed by atoms with Crippen LogP contribution in [0.5, 0.6) is 0 Å². The van der Waals surface area contributed by atoms with Gasteiger partial charge >= 0.3 is 0 Å². The first-order valence-corrected chi connectivity index (χ1v) is 8.08. The van der Waals surface area contributed by atoms with E-state index < -0.39 is 0 Å². The molecule has 1 aromatic heterocycles. The molecule has 0 bridgehead atoms. The third-order valence-electron chi connectivity index (χ3n) is 4.17. The van der Waals surface area contributed by atoms with Gasteiger partial charge < -0.3 is 10.4 Å². The minimum atomic E-state index is -0.307. The van der Waals surface area contributed by atoms with Crippen molar-refractivity contribution in [1.29, 1.82) is 0 Å². The molecule has 23 heavy (non-hydrogen) atoms. The van der Waals surface area contributed by atoms with E-state index in [2.05, 4.69) is 58.0 Å². The summed E-state index contributed by atoms with van der Waals surface area (Å²) in [5.74, 6) is 0.303. The molecule has 120 valence electrons. The fourth-order valence-electron chi connectivity index (χ4n) is 3.03. The number of rotatable bonds is 7. The predicted molar refractivity (Wildman–Crippen MR) is 93.3 cm³/mol. The number of aromatic nitrogens is 2. The third-order valence-corrected chi connectivity index (χ3v) is 4.17. The molecule has 0 aliphatic carbocycles. The summed E-state index contributed by atoms with van der Waals surface area (Å²) in [4.78, 5) is 0. The summed E-state index contributed by atoms with van der Waals surface area (Å²) in [5.41, 5.74) is 3.57. The van der Waals surface area contributed by atoms with Crippen molar-refractivity contribution in [2.75, 3.05) is 6.54 Å². The summed E-state index contributed by atoms with van der Waals surface area (Å²) >= 11 is 0. The van der Waals surface area contributed by atoms with Crippen LogP contribution >= 0.6 is 0 Å². The van der Waals surface area contributed by atoms with E-state index in [0.717, 1.165) is 30.4 Å². The number of nitrogens with one attached hydrogen (secondary N) is 2. The largest absolute Gasteiger partial charge is 0.393 e. The van der Waals surface area contributed by atoms with Crippen LogP contribution in [0.3, 0.4) is 0 Å². The summed E-state index contributed by atoms with van der Waals surface area (Å²) in [5, 5.41) is 21.6. The number of fused-ring (bicyclic) bond motifs is 1. The van der Waals surface area contributed by atoms with Gasteiger partial charge in [0.2, 0.25) is 0 Å². The lowest BCUT2D eigenvalue weighted by Gasteiger charge is -2.20. The molecule has 3 rings (SSSR count). The molecule has 1 heterocycles. The van der Waals surface area contributed by atoms with E-state index in [1.165, 1.54) is 11.1 Å². The molecule has 0 radical (unpaired) electrons. The van der Waals surface area contributed by atoms with Crippen LogP contribution in [0.2, 0.25) is 0 Å². The Balaban J connectivity index is 1.66. The number of benzene rings is 2. The molecule has 0 spiro atoms. The molecular weight excluding hydrogens is 286 g/mol. The molecule has 0 saturated heterocycles. The predicted octanol–water partition coefficient (Wildman–Crippen LogP) is 3.21. The van der Waals surface area contributed by atoms with Crippen LogP contribution in [-0.2, 0) is 6.54 Å². The van der Waals surface area contributed by atoms with Crippen LogP contribution in [0.4, 0.5) is 0 Å². The smallest absolute Gasteiger partial charge is 0.0695 e. The Kier molecular flexibility index (Phi) is 5.05. The molecule has 2 unspecified atom stereocenters. The van der Waals surface area contributed by atoms with E-state index in [9.17, 15) is 5.11 Å². The van der Waals surface area contributed by atoms with Crippen molar-refractivity contribution < 1.29 is 5.11 Å². The van der Waals surface area contributed by atoms with Gasteiger partial charge in [0.05, 0.1) is 17.8 Å². The maximum atomic E-state index is 9.77. The zero-order valence-electron chi connectivity index (χ0n) is 13.4. The summed E-state index contributed by atoms with van der Waals surface area (Å²) in [7, 11) is 0. The molecule has 4 nitrogen and oxygen atoms in total. The van der Waals surface area contributed by atoms with Crippen LogP contribution in [-0.4, -0.2) is 28.0 Å². The fraction of sp³-hybridized carbons (Fsp3) is 0.316. The SMILES string of the molecule is CC(O)CC(CNCc1cccc2cn[nH]c12)c1ccccc1. The topological polar surface area (TPSA) is 60.9 Å². The van der Waals surface area contributed by atoms with Crippen molar-refractivity contribution in [3.63, 3.8) is 0 Å². The van der Waals surface area contributed by atoms with Gasteiger partial charge in [-0.2, -0.15) is 5.10 Å². The Morgan fingerprint density at radius 1 is 1.13 bits per heavy atom. The minimum absolute atomic E-state index is 0.303. The highest BCUT2D eigenvalue weighted by atomic mass is 16.3. The average molecular weight is 309 g/mol. The Morgan fingerprint density at radius 3 is 2.74 bits per heavy atom. The highest BCUT2D eigenvalue weighted by Crippen LogP contribution is 2.21. The molecule has 0 aliphatic heterocycles. The van der Waals surface area contributed by atoms with Crippen molar-refractivity contribution in [3.8, 4) is 0 Å². The van der Waals surface area contributed by atoms with Crippen LogP contribution < -0.4 is 5.32 Å². The number of aliphatic hydroxyl groups excluding tert-OH is 1. The standard InChI is InChI=1S/C19H23N3O/c1-14(23)10-18(15-6-3-2-4-7-15)12-20-11-16-8-5-9-17-13-21-22-19(16)17/h2-9,13-14,18,20,23H,10-12H2,1H3,(H,21,22). The summed E-state index contributed by atoms with van der Waals surface area (Å²) in [6, 6.07) is 16.6. The second-order valence-corrected chi connectivity index (χ2v) is 6.07. The van der Waals surface area contributed by atoms with Gasteiger partial charge in [-0.05, 0) is 30.4 Å². The van der Waals surface area contributed by atoms with E-state index in [-0.39, 0.29) is 6.10 Å². The maximum Gasteiger partial charge on any atom is 0.0695 e. The lowest BCUT2D eigenvalue weighted by atomic mass is 9.93. The number of aromatic amines is 1. The maximum absolute atomic E-state index is 9.77. The van der Waals surface area contributed by atoms with E-state index >= 15 is 0 Å². The fourth-order valence-corrected chi connectivity index (χ4v) is 3.03. The van der Waals surface area contributed by atoms with E-state index in [0.29, 0.717) is 5.92 Å². The zero-order valence-corrected chi connectivity index (χ0v) is 13.4. The van der Waals surface area contributed by atoms with Crippen LogP contribution in [0.25, 0.3) is 10.9 Å². The molecule has 0 saturated carbocycles. The van der Waals surface area contributed by atoms with E-state index in [1.54, 1.807) is 0 Å². The zero-order chi connectivity index (χ0) is 16.1. The van der Waals surface area contributed by atoms with E-state index in [4.69, 9.17) is 0 Å². The van der Waals surface area contributed by atoms with Crippen molar-refractivity contribution in [3.05, 3.63) is 65.9 Å². The minimum Gasteiger partial charge on any atom is -0.393 e. The monoisotopic (exact) mass is 309 g/mol. The molecule has 3 N–H and O–H groups in total. The lowest BCUT2D eigenvalue weighted by Crippen LogP contribution is -2.24. The number of hydrogen-bond donors (Lipinski definition) is 3. The molecule has 0 aliphatic rings. The molecule has 3 aromatic rings. The van der Waals surface area contributed by atoms with Crippen molar-refractivity contribution >= 4 is 10.9 Å². The molecule has 4 heteroatoms. The van der Waals surface area contributed by atoms with Gasteiger partial charge in [-0.15, -0.1) is 0 Å². The number of hydrogen-bond acceptors (Lipinski definition) is 3. The normalized spacial score (nSPS) is 14.0. The van der Waals surface area contributed by atoms with Gasteiger partial charge in [-0.25, -0.2) is 0 Å². The second-order valence-electron chi connectivity index (χ2n) is 6.07. The molecule has 0 fully saturated rings. The second kappa shape index (κ2) is 7.40. The highest BCUT2D eigenvalue weighted by Gasteiger charge is 2.14. The number of aliphatic hydroxyl groups is 1. The number of H-pyrrole nitrogens is 1. The number of para-hydroxylation sites is 1. The summed E-state index contributed by atoms with van der Waals surface area (Å²) < 4.78 is 0. The van der Waals surface area contributed by atoms with Crippen LogP contribution in [0, 0.1) is 0 Å². The highest BCUT2D eigenvalue weighted by molar-refractivity contribution is 5.81. The van der Waals surface area contributed by atoms with Gasteiger partial charge in [-0.3, -0.25) is 5.10 Å². The summed E-state index contributed by atoms with van der Waals surface area (Å²) in [6.45, 7) is 3.46. The first-order valence-electron chi connectivity index (χ1n) is 8.08. The van der Waals surface area contributed by atoms with Crippen molar-refractivity contribution in [1.82, 2.24) is 15.5 Å². The Hall–Kier alpha value is -2.17. The lowest BCUT2D eigenvalue weighted by molar-refractivity contribution is 0.173. The molecular formula is C19H23N3O. The van der Waals surface area contributed by atoms with Gasteiger partial charge in [-0.1, -0.05) is 48.5 Å². The van der Waals surface area contributed by atoms with Gasteiger partial charge in [0.15, 0.2) is 0 Å². The average Bonchev–Trinajstić information content (AvgIpc) is 3.04. The van der Waals surface area contributed by atoms with E-state index in [1.807, 2.05) is 19.2 Å². The van der Waals surface area contributed by atoms with Crippen LogP contribution in [0.15, 0.2) is 54.7 Å². The molecule has 2 atom stereocenters. The Morgan fingerprint density at radius 2 is 1.96 bits per heavy atom. The van der Waals surface area contributed by atoms with Gasteiger partial charge in [0.25, 0.3) is 0 Å². The molecule has 0 amide bonds. The Labute approximate surface area is 136 Å². The molecule has 2 aromatic carbocycles. The van der Waals surface area contributed by atoms with Gasteiger partial charge in [0, 0.05) is 18.5 Å². The summed E-state index contributed by atoms with van der Waals surface area (Å²) in [6.07, 6.45) is 2.29. The third kappa shape index (κ3) is 3.97. The van der Waals surface area contributed by atoms with Crippen molar-refractivity contribution in [2.45, 2.75) is 31.9 Å². The first-order chi connectivity index (χ1) is 11.2.